The van der Waals surface area contributed by atoms with Crippen molar-refractivity contribution in [1.29, 1.82) is 0 Å². The van der Waals surface area contributed by atoms with Gasteiger partial charge in [-0.2, -0.15) is 0 Å². The highest BCUT2D eigenvalue weighted by molar-refractivity contribution is 6.30. The number of nitrogens with zero attached hydrogens (tertiary/aromatic N) is 4. The molecule has 2 aliphatic heterocycles. The number of aryl methyl sites for hydroxylation is 2. The van der Waals surface area contributed by atoms with Gasteiger partial charge in [-0.3, -0.25) is 0 Å². The molecule has 2 aliphatic rings. The van der Waals surface area contributed by atoms with Crippen molar-refractivity contribution in [2.75, 3.05) is 9.80 Å². The van der Waals surface area contributed by atoms with E-state index in [1.54, 1.807) is 0 Å². The molecule has 2 heterocycles. The molecular weight excluding hydrogens is 729 g/mol. The van der Waals surface area contributed by atoms with Crippen molar-refractivity contribution in [3.8, 4) is 11.1 Å². The maximum absolute atomic E-state index is 2.56. The Bertz CT molecular complexity index is 3290. The minimum atomic E-state index is 0.824. The lowest BCUT2D eigenvalue weighted by atomic mass is 9.85. The van der Waals surface area contributed by atoms with Crippen LogP contribution in [0.2, 0.25) is 0 Å². The number of hydrogen-bond donors (Lipinski definition) is 0. The first kappa shape index (κ1) is 34.5. The van der Waals surface area contributed by atoms with Crippen LogP contribution in [0.15, 0.2) is 194 Å². The van der Waals surface area contributed by atoms with Crippen molar-refractivity contribution in [1.82, 2.24) is 9.13 Å². The van der Waals surface area contributed by atoms with Crippen LogP contribution in [-0.2, 0) is 13.1 Å². The van der Waals surface area contributed by atoms with Crippen molar-refractivity contribution >= 4 is 99.3 Å². The molecule has 0 unspecified atom stereocenters. The van der Waals surface area contributed by atoms with Crippen LogP contribution >= 0.6 is 0 Å². The molecule has 10 aromatic carbocycles. The van der Waals surface area contributed by atoms with Crippen LogP contribution in [0.25, 0.3) is 76.3 Å². The van der Waals surface area contributed by atoms with E-state index in [9.17, 15) is 0 Å². The summed E-state index contributed by atoms with van der Waals surface area (Å²) in [4.78, 5) is 4.93. The summed E-state index contributed by atoms with van der Waals surface area (Å²) in [6.07, 6.45) is 0. The van der Waals surface area contributed by atoms with E-state index in [-0.39, 0.29) is 0 Å². The fourth-order valence-electron chi connectivity index (χ4n) is 10.2. The Morgan fingerprint density at radius 3 is 1.15 bits per heavy atom. The summed E-state index contributed by atoms with van der Waals surface area (Å²) < 4.78 is 5.12. The molecule has 0 aromatic heterocycles. The summed E-state index contributed by atoms with van der Waals surface area (Å²) in [5, 5.41) is 10.0. The second kappa shape index (κ2) is 13.5. The van der Waals surface area contributed by atoms with Gasteiger partial charge in [-0.05, 0) is 108 Å². The largest absolute Gasteiger partial charge is 0.341 e. The van der Waals surface area contributed by atoms with Gasteiger partial charge in [0.2, 0.25) is 0 Å². The summed E-state index contributed by atoms with van der Waals surface area (Å²) in [7, 11) is 0. The predicted molar refractivity (Wildman–Crippen MR) is 256 cm³/mol. The van der Waals surface area contributed by atoms with E-state index in [4.69, 9.17) is 0 Å². The maximum atomic E-state index is 2.56. The van der Waals surface area contributed by atoms with Gasteiger partial charge in [-0.15, -0.1) is 0 Å². The summed E-state index contributed by atoms with van der Waals surface area (Å²) in [5.41, 5.74) is 14.5. The molecule has 12 rings (SSSR count). The number of para-hydroxylation sites is 2. The SMILES string of the molecule is CCn1c2cc(N(c3ccccc3)c3ccc4ccccc4c3)c3cccc4c3c2-c2c3c(cccc31)c(N(c1ccccc1)c1ccc3ccccc3c1)cc2n4CC. The van der Waals surface area contributed by atoms with E-state index in [1.165, 1.54) is 87.7 Å². The number of aromatic nitrogens is 2. The number of fused-ring (bicyclic) bond motifs is 2. The van der Waals surface area contributed by atoms with Gasteiger partial charge < -0.3 is 18.9 Å². The van der Waals surface area contributed by atoms with E-state index < -0.39 is 0 Å². The van der Waals surface area contributed by atoms with E-state index in [1.807, 2.05) is 0 Å². The Labute approximate surface area is 349 Å². The molecule has 0 bridgehead atoms. The standard InChI is InChI=1S/C56H42N4/c1-3-57-47-27-15-25-45-50(60(42-23-9-6-10-24-42)44-32-30-38-18-12-14-20-40(38)34-44)36-52-56(53(45)47)55-51(57)35-49(46-26-16-28-48(54(46)55)58(52)4-2)59(41-21-7-5-8-22-41)43-31-29-37-17-11-13-19-39(37)33-43/h5-36H,3-4H2,1-2H3. The molecule has 60 heavy (non-hydrogen) atoms. The van der Waals surface area contributed by atoms with E-state index in [0.29, 0.717) is 0 Å². The van der Waals surface area contributed by atoms with Crippen LogP contribution in [0, 0.1) is 0 Å². The molecule has 0 atom stereocenters. The van der Waals surface area contributed by atoms with Crippen LogP contribution < -0.4 is 9.80 Å². The molecule has 0 radical (unpaired) electrons. The molecule has 0 fully saturated rings. The summed E-state index contributed by atoms with van der Waals surface area (Å²) in [5.74, 6) is 0. The first-order valence-electron chi connectivity index (χ1n) is 21.1. The van der Waals surface area contributed by atoms with Gasteiger partial charge >= 0.3 is 0 Å². The Hall–Kier alpha value is -7.56. The minimum Gasteiger partial charge on any atom is -0.341 e. The van der Waals surface area contributed by atoms with Gasteiger partial charge in [0.15, 0.2) is 0 Å². The van der Waals surface area contributed by atoms with Crippen molar-refractivity contribution in [2.24, 2.45) is 0 Å². The van der Waals surface area contributed by atoms with Crippen LogP contribution in [0.3, 0.4) is 0 Å². The molecule has 0 amide bonds. The van der Waals surface area contributed by atoms with Crippen molar-refractivity contribution in [3.63, 3.8) is 0 Å². The number of benzene rings is 10. The van der Waals surface area contributed by atoms with E-state index >= 15 is 0 Å². The van der Waals surface area contributed by atoms with E-state index in [2.05, 4.69) is 227 Å². The summed E-state index contributed by atoms with van der Waals surface area (Å²) in [6, 6.07) is 71.6. The highest BCUT2D eigenvalue weighted by Crippen LogP contribution is 2.54. The first-order valence-corrected chi connectivity index (χ1v) is 21.1. The number of pyridine rings is 2. The lowest BCUT2D eigenvalue weighted by molar-refractivity contribution is 0.813. The molecule has 10 aromatic rings. The number of rotatable bonds is 8. The normalized spacial score (nSPS) is 12.0. The monoisotopic (exact) mass is 770 g/mol. The molecule has 0 N–H and O–H groups in total. The summed E-state index contributed by atoms with van der Waals surface area (Å²) in [6.45, 7) is 6.23. The Balaban J connectivity index is 1.22. The van der Waals surface area contributed by atoms with Crippen molar-refractivity contribution < 1.29 is 0 Å². The zero-order valence-electron chi connectivity index (χ0n) is 33.7. The Morgan fingerprint density at radius 1 is 0.333 bits per heavy atom. The highest BCUT2D eigenvalue weighted by atomic mass is 15.2. The Kier molecular flexibility index (Phi) is 7.76. The quantitative estimate of drug-likeness (QED) is 0.113. The smallest absolute Gasteiger partial charge is 0.0562 e. The molecule has 4 heteroatoms. The predicted octanol–water partition coefficient (Wildman–Crippen LogP) is 15.7. The second-order valence-electron chi connectivity index (χ2n) is 15.9. The molecule has 0 aliphatic carbocycles. The lowest BCUT2D eigenvalue weighted by Gasteiger charge is -2.34. The number of anilines is 6. The zero-order valence-corrected chi connectivity index (χ0v) is 33.7. The van der Waals surface area contributed by atoms with Gasteiger partial charge in [0.1, 0.15) is 0 Å². The van der Waals surface area contributed by atoms with Crippen LogP contribution in [0.1, 0.15) is 13.8 Å². The Morgan fingerprint density at radius 2 is 0.733 bits per heavy atom. The van der Waals surface area contributed by atoms with Crippen LogP contribution in [0.4, 0.5) is 34.1 Å². The average molecular weight is 771 g/mol. The third kappa shape index (κ3) is 5.04. The van der Waals surface area contributed by atoms with Gasteiger partial charge in [-0.25, -0.2) is 0 Å². The molecule has 286 valence electrons. The minimum absolute atomic E-state index is 0.824. The highest BCUT2D eigenvalue weighted by Gasteiger charge is 2.31. The second-order valence-corrected chi connectivity index (χ2v) is 15.9. The van der Waals surface area contributed by atoms with Gasteiger partial charge in [0, 0.05) is 79.5 Å². The van der Waals surface area contributed by atoms with Gasteiger partial charge in [0.25, 0.3) is 0 Å². The third-order valence-electron chi connectivity index (χ3n) is 12.7. The first-order chi connectivity index (χ1) is 29.7. The van der Waals surface area contributed by atoms with Crippen molar-refractivity contribution in [2.45, 2.75) is 26.9 Å². The van der Waals surface area contributed by atoms with Crippen LogP contribution in [-0.4, -0.2) is 9.13 Å². The third-order valence-corrected chi connectivity index (χ3v) is 12.7. The van der Waals surface area contributed by atoms with Gasteiger partial charge in [0.05, 0.1) is 22.4 Å². The fourth-order valence-corrected chi connectivity index (χ4v) is 10.2. The van der Waals surface area contributed by atoms with E-state index in [0.717, 1.165) is 35.8 Å². The van der Waals surface area contributed by atoms with Crippen molar-refractivity contribution in [3.05, 3.63) is 194 Å². The zero-order chi connectivity index (χ0) is 39.9. The topological polar surface area (TPSA) is 16.3 Å². The maximum Gasteiger partial charge on any atom is 0.0562 e. The van der Waals surface area contributed by atoms with Crippen LogP contribution in [0.5, 0.6) is 0 Å². The molecule has 0 saturated heterocycles. The molecule has 0 saturated carbocycles. The fraction of sp³-hybridized carbons (Fsp3) is 0.0714. The average Bonchev–Trinajstić information content (AvgIpc) is 3.31. The summed E-state index contributed by atoms with van der Waals surface area (Å²) >= 11 is 0. The number of hydrogen-bond acceptors (Lipinski definition) is 2. The van der Waals surface area contributed by atoms with Gasteiger partial charge in [-0.1, -0.05) is 121 Å². The lowest BCUT2D eigenvalue weighted by Crippen LogP contribution is -2.16. The molecule has 0 spiro atoms. The molecular formula is C56H42N4. The molecule has 4 nitrogen and oxygen atoms in total.